The fourth-order valence-electron chi connectivity index (χ4n) is 3.03. The molecule has 0 heterocycles. The zero-order chi connectivity index (χ0) is 9.15. The van der Waals surface area contributed by atoms with E-state index in [0.717, 1.165) is 6.54 Å². The first-order chi connectivity index (χ1) is 6.37. The average molecular weight is 179 g/mol. The molecule has 2 aliphatic rings. The van der Waals surface area contributed by atoms with Gasteiger partial charge in [0.25, 0.3) is 0 Å². The molecule has 2 rings (SSSR count). The minimum absolute atomic E-state index is 0.445. The molecule has 74 valence electrons. The summed E-state index contributed by atoms with van der Waals surface area (Å²) in [4.78, 5) is 0. The third-order valence-electron chi connectivity index (χ3n) is 3.92. The second-order valence-corrected chi connectivity index (χ2v) is 4.67. The van der Waals surface area contributed by atoms with E-state index in [1.165, 1.54) is 51.4 Å². The van der Waals surface area contributed by atoms with Crippen molar-refractivity contribution in [2.45, 2.75) is 51.4 Å². The molecule has 0 bridgehead atoms. The lowest BCUT2D eigenvalue weighted by atomic mass is 9.74. The number of allylic oxidation sites excluding steroid dienone is 1. The Morgan fingerprint density at radius 1 is 1.15 bits per heavy atom. The van der Waals surface area contributed by atoms with Gasteiger partial charge in [-0.25, -0.2) is 0 Å². The first kappa shape index (κ1) is 9.26. The molecule has 13 heavy (non-hydrogen) atoms. The Hall–Kier alpha value is -0.300. The van der Waals surface area contributed by atoms with Crippen molar-refractivity contribution in [3.05, 3.63) is 11.6 Å². The van der Waals surface area contributed by atoms with Crippen molar-refractivity contribution in [2.75, 3.05) is 6.54 Å². The maximum atomic E-state index is 5.96. The molecular formula is C12H21N. The van der Waals surface area contributed by atoms with Gasteiger partial charge in [-0.05, 0) is 38.5 Å². The molecule has 0 spiro atoms. The van der Waals surface area contributed by atoms with Crippen molar-refractivity contribution in [3.8, 4) is 0 Å². The third-order valence-corrected chi connectivity index (χ3v) is 3.92. The highest BCUT2D eigenvalue weighted by Crippen LogP contribution is 2.46. The van der Waals surface area contributed by atoms with Crippen molar-refractivity contribution < 1.29 is 0 Å². The number of rotatable bonds is 2. The SMILES string of the molecule is NCC1(C2=CCCCC2)CCCC1. The van der Waals surface area contributed by atoms with Crippen LogP contribution in [0.3, 0.4) is 0 Å². The first-order valence-electron chi connectivity index (χ1n) is 5.77. The normalized spacial score (nSPS) is 27.3. The predicted octanol–water partition coefficient (Wildman–Crippen LogP) is 3.01. The number of nitrogens with two attached hydrogens (primary N) is 1. The van der Waals surface area contributed by atoms with E-state index in [2.05, 4.69) is 6.08 Å². The average Bonchev–Trinajstić information content (AvgIpc) is 2.69. The molecule has 0 atom stereocenters. The second kappa shape index (κ2) is 3.83. The molecule has 0 aliphatic heterocycles. The van der Waals surface area contributed by atoms with Crippen LogP contribution in [0.2, 0.25) is 0 Å². The van der Waals surface area contributed by atoms with E-state index in [9.17, 15) is 0 Å². The highest BCUT2D eigenvalue weighted by atomic mass is 14.6. The molecule has 1 fully saturated rings. The monoisotopic (exact) mass is 179 g/mol. The molecule has 0 aromatic carbocycles. The van der Waals surface area contributed by atoms with Crippen molar-refractivity contribution in [3.63, 3.8) is 0 Å². The first-order valence-corrected chi connectivity index (χ1v) is 5.77. The molecule has 2 N–H and O–H groups in total. The molecule has 2 aliphatic carbocycles. The Bertz CT molecular complexity index is 199. The van der Waals surface area contributed by atoms with Crippen LogP contribution in [0.15, 0.2) is 11.6 Å². The Labute approximate surface area is 81.4 Å². The van der Waals surface area contributed by atoms with E-state index in [0.29, 0.717) is 5.41 Å². The Balaban J connectivity index is 2.14. The van der Waals surface area contributed by atoms with Crippen LogP contribution < -0.4 is 5.73 Å². The highest BCUT2D eigenvalue weighted by Gasteiger charge is 2.35. The van der Waals surface area contributed by atoms with Crippen LogP contribution in [0.25, 0.3) is 0 Å². The Kier molecular flexibility index (Phi) is 2.73. The van der Waals surface area contributed by atoms with Gasteiger partial charge >= 0.3 is 0 Å². The van der Waals surface area contributed by atoms with Crippen LogP contribution in [0.1, 0.15) is 51.4 Å². The van der Waals surface area contributed by atoms with Crippen molar-refractivity contribution in [2.24, 2.45) is 11.1 Å². The van der Waals surface area contributed by atoms with Gasteiger partial charge < -0.3 is 5.73 Å². The van der Waals surface area contributed by atoms with Crippen LogP contribution in [-0.2, 0) is 0 Å². The fraction of sp³-hybridized carbons (Fsp3) is 0.833. The molecule has 0 saturated heterocycles. The van der Waals surface area contributed by atoms with E-state index >= 15 is 0 Å². The minimum Gasteiger partial charge on any atom is -0.330 e. The lowest BCUT2D eigenvalue weighted by Crippen LogP contribution is -2.30. The van der Waals surface area contributed by atoms with Gasteiger partial charge in [-0.3, -0.25) is 0 Å². The van der Waals surface area contributed by atoms with E-state index < -0.39 is 0 Å². The summed E-state index contributed by atoms with van der Waals surface area (Å²) < 4.78 is 0. The topological polar surface area (TPSA) is 26.0 Å². The van der Waals surface area contributed by atoms with Gasteiger partial charge in [-0.1, -0.05) is 24.5 Å². The van der Waals surface area contributed by atoms with Gasteiger partial charge in [-0.15, -0.1) is 0 Å². The third kappa shape index (κ3) is 1.67. The van der Waals surface area contributed by atoms with Gasteiger partial charge in [0, 0.05) is 12.0 Å². The van der Waals surface area contributed by atoms with Gasteiger partial charge in [0.05, 0.1) is 0 Å². The summed E-state index contributed by atoms with van der Waals surface area (Å²) in [5, 5.41) is 0. The smallest absolute Gasteiger partial charge is 0.00345 e. The predicted molar refractivity (Wildman–Crippen MR) is 56.5 cm³/mol. The molecule has 0 aromatic heterocycles. The highest BCUT2D eigenvalue weighted by molar-refractivity contribution is 5.18. The largest absolute Gasteiger partial charge is 0.330 e. The van der Waals surface area contributed by atoms with Crippen molar-refractivity contribution in [1.29, 1.82) is 0 Å². The maximum Gasteiger partial charge on any atom is 0.00345 e. The van der Waals surface area contributed by atoms with Crippen molar-refractivity contribution in [1.82, 2.24) is 0 Å². The van der Waals surface area contributed by atoms with Crippen LogP contribution >= 0.6 is 0 Å². The molecular weight excluding hydrogens is 158 g/mol. The summed E-state index contributed by atoms with van der Waals surface area (Å²) in [6, 6.07) is 0. The van der Waals surface area contributed by atoms with E-state index in [1.54, 1.807) is 5.57 Å². The molecule has 0 unspecified atom stereocenters. The van der Waals surface area contributed by atoms with Crippen LogP contribution in [0, 0.1) is 5.41 Å². The summed E-state index contributed by atoms with van der Waals surface area (Å²) in [5.74, 6) is 0. The van der Waals surface area contributed by atoms with Crippen molar-refractivity contribution >= 4 is 0 Å². The molecule has 0 radical (unpaired) electrons. The lowest BCUT2D eigenvalue weighted by molar-refractivity contribution is 0.357. The van der Waals surface area contributed by atoms with E-state index in [-0.39, 0.29) is 0 Å². The van der Waals surface area contributed by atoms with Gasteiger partial charge in [0.15, 0.2) is 0 Å². The van der Waals surface area contributed by atoms with Crippen LogP contribution in [0.4, 0.5) is 0 Å². The standard InChI is InChI=1S/C12H21N/c13-10-12(8-4-5-9-12)11-6-2-1-3-7-11/h6H,1-5,7-10,13H2. The summed E-state index contributed by atoms with van der Waals surface area (Å²) >= 11 is 0. The van der Waals surface area contributed by atoms with Gasteiger partial charge in [-0.2, -0.15) is 0 Å². The molecule has 1 heteroatoms. The van der Waals surface area contributed by atoms with Gasteiger partial charge in [0.1, 0.15) is 0 Å². The number of hydrogen-bond donors (Lipinski definition) is 1. The lowest BCUT2D eigenvalue weighted by Gasteiger charge is -2.32. The molecule has 1 saturated carbocycles. The molecule has 1 nitrogen and oxygen atoms in total. The number of hydrogen-bond acceptors (Lipinski definition) is 1. The fourth-order valence-corrected chi connectivity index (χ4v) is 3.03. The Morgan fingerprint density at radius 2 is 1.92 bits per heavy atom. The van der Waals surface area contributed by atoms with Crippen LogP contribution in [-0.4, -0.2) is 6.54 Å². The zero-order valence-electron chi connectivity index (χ0n) is 8.52. The summed E-state index contributed by atoms with van der Waals surface area (Å²) in [5.41, 5.74) is 8.11. The summed E-state index contributed by atoms with van der Waals surface area (Å²) in [6.07, 6.45) is 13.4. The second-order valence-electron chi connectivity index (χ2n) is 4.67. The van der Waals surface area contributed by atoms with Gasteiger partial charge in [0.2, 0.25) is 0 Å². The van der Waals surface area contributed by atoms with E-state index in [1.807, 2.05) is 0 Å². The van der Waals surface area contributed by atoms with Crippen LogP contribution in [0.5, 0.6) is 0 Å². The zero-order valence-corrected chi connectivity index (χ0v) is 8.52. The Morgan fingerprint density at radius 3 is 2.46 bits per heavy atom. The minimum atomic E-state index is 0.445. The quantitative estimate of drug-likeness (QED) is 0.648. The maximum absolute atomic E-state index is 5.96. The summed E-state index contributed by atoms with van der Waals surface area (Å²) in [6.45, 7) is 0.888. The molecule has 0 aromatic rings. The molecule has 0 amide bonds. The van der Waals surface area contributed by atoms with E-state index in [4.69, 9.17) is 5.73 Å². The summed E-state index contributed by atoms with van der Waals surface area (Å²) in [7, 11) is 0.